The number of carbonyl (C=O) groups is 2. The van der Waals surface area contributed by atoms with Crippen molar-refractivity contribution in [1.29, 1.82) is 0 Å². The highest BCUT2D eigenvalue weighted by atomic mass is 16.5. The van der Waals surface area contributed by atoms with Crippen LogP contribution >= 0.6 is 0 Å². The fraction of sp³-hybridized carbons (Fsp3) is 0.621. The Morgan fingerprint density at radius 1 is 1.24 bits per heavy atom. The zero-order valence-electron chi connectivity index (χ0n) is 22.2. The molecule has 0 spiro atoms. The number of hydrogen-bond acceptors (Lipinski definition) is 6. The number of aromatic nitrogens is 2. The number of hydrogen-bond donors (Lipinski definition) is 3. The minimum absolute atomic E-state index is 0. The van der Waals surface area contributed by atoms with E-state index in [1.165, 1.54) is 23.4 Å². The summed E-state index contributed by atoms with van der Waals surface area (Å²) in [5.41, 5.74) is 3.65. The third-order valence-corrected chi connectivity index (χ3v) is 8.61. The van der Waals surface area contributed by atoms with E-state index in [9.17, 15) is 9.59 Å². The number of allylic oxidation sites excluding steroid dienone is 2. The van der Waals surface area contributed by atoms with Crippen molar-refractivity contribution in [3.8, 4) is 0 Å². The summed E-state index contributed by atoms with van der Waals surface area (Å²) in [6.07, 6.45) is 16.5. The van der Waals surface area contributed by atoms with Crippen LogP contribution in [0.4, 0.5) is 0 Å². The molecule has 3 fully saturated rings. The summed E-state index contributed by atoms with van der Waals surface area (Å²) in [6.45, 7) is 5.36. The number of ether oxygens (including phenoxy) is 1. The zero-order chi connectivity index (χ0) is 25.9. The van der Waals surface area contributed by atoms with E-state index in [0.29, 0.717) is 37.8 Å². The first kappa shape index (κ1) is 25.4. The number of nitrogens with one attached hydrogen (secondary N) is 3. The van der Waals surface area contributed by atoms with E-state index in [-0.39, 0.29) is 26.8 Å². The van der Waals surface area contributed by atoms with Gasteiger partial charge in [0.15, 0.2) is 0 Å². The van der Waals surface area contributed by atoms with Crippen LogP contribution in [0, 0.1) is 5.92 Å². The van der Waals surface area contributed by atoms with Crippen LogP contribution in [-0.4, -0.2) is 89.6 Å². The maximum absolute atomic E-state index is 13.2. The van der Waals surface area contributed by atoms with Crippen molar-refractivity contribution in [3.63, 3.8) is 0 Å². The highest BCUT2D eigenvalue weighted by Gasteiger charge is 2.41. The van der Waals surface area contributed by atoms with Crippen molar-refractivity contribution in [3.05, 3.63) is 53.3 Å². The first-order valence-electron chi connectivity index (χ1n) is 14.4. The van der Waals surface area contributed by atoms with Gasteiger partial charge in [-0.2, -0.15) is 0 Å². The van der Waals surface area contributed by atoms with Gasteiger partial charge >= 0.3 is 0 Å². The molecule has 4 atom stereocenters. The Kier molecular flexibility index (Phi) is 7.65. The summed E-state index contributed by atoms with van der Waals surface area (Å²) in [5.74, 6) is 2.13. The molecule has 9 nitrogen and oxygen atoms in total. The lowest BCUT2D eigenvalue weighted by Gasteiger charge is -2.36. The number of fused-ring (bicyclic) bond motifs is 3. The first-order valence-corrected chi connectivity index (χ1v) is 14.4. The number of aryl methyl sites for hydroxylation is 1. The Hall–Kier alpha value is -2.91. The van der Waals surface area contributed by atoms with E-state index in [1.54, 1.807) is 4.90 Å². The molecule has 2 saturated heterocycles. The lowest BCUT2D eigenvalue weighted by atomic mass is 10.00. The van der Waals surface area contributed by atoms with Crippen LogP contribution in [0.25, 0.3) is 0 Å². The van der Waals surface area contributed by atoms with Crippen LogP contribution in [0.3, 0.4) is 0 Å². The van der Waals surface area contributed by atoms with Gasteiger partial charge in [0.1, 0.15) is 11.9 Å². The van der Waals surface area contributed by atoms with E-state index in [0.717, 1.165) is 64.4 Å². The number of morpholine rings is 1. The Morgan fingerprint density at radius 3 is 2.97 bits per heavy atom. The van der Waals surface area contributed by atoms with Gasteiger partial charge in [-0.15, -0.1) is 0 Å². The number of aromatic amines is 1. The molecule has 3 aliphatic heterocycles. The Labute approximate surface area is 227 Å². The number of carbonyl (C=O) groups excluding carboxylic acids is 2. The van der Waals surface area contributed by atoms with Crippen LogP contribution in [0.1, 0.15) is 58.1 Å². The number of imidazole rings is 1. The van der Waals surface area contributed by atoms with Crippen LogP contribution < -0.4 is 10.6 Å². The van der Waals surface area contributed by atoms with E-state index in [1.807, 2.05) is 0 Å². The second-order valence-electron chi connectivity index (χ2n) is 11.1. The predicted molar refractivity (Wildman–Crippen MR) is 149 cm³/mol. The van der Waals surface area contributed by atoms with Crippen molar-refractivity contribution in [2.75, 3.05) is 45.9 Å². The molecule has 2 aliphatic carbocycles. The molecular weight excluding hydrogens is 480 g/mol. The lowest BCUT2D eigenvalue weighted by Crippen LogP contribution is -2.48. The number of amides is 2. The minimum Gasteiger partial charge on any atom is -0.387 e. The predicted octanol–water partition coefficient (Wildman–Crippen LogP) is 2.29. The molecule has 0 radical (unpaired) electrons. The maximum Gasteiger partial charge on any atom is 0.242 e. The average Bonchev–Trinajstić information content (AvgIpc) is 3.38. The lowest BCUT2D eigenvalue weighted by molar-refractivity contribution is -0.138. The minimum atomic E-state index is -0.370. The van der Waals surface area contributed by atoms with Crippen molar-refractivity contribution < 1.29 is 17.2 Å². The molecule has 3 N–H and O–H groups in total. The van der Waals surface area contributed by atoms with E-state index in [4.69, 9.17) is 9.72 Å². The van der Waals surface area contributed by atoms with Crippen LogP contribution in [-0.2, 0) is 27.2 Å². The fourth-order valence-electron chi connectivity index (χ4n) is 6.46. The van der Waals surface area contributed by atoms with Crippen molar-refractivity contribution >= 4 is 11.8 Å². The SMILES string of the molecule is O=C(NCCC(C1=CNCC=C1)N1CCOCC1)[C@@H]1CCCN1C(=O)CCc1nc2c([nH]1)CC=CC1CC21.[HH].[HH]. The highest BCUT2D eigenvalue weighted by Crippen LogP contribution is 2.50. The van der Waals surface area contributed by atoms with Gasteiger partial charge in [0.2, 0.25) is 11.8 Å². The molecule has 1 aromatic rings. The molecule has 5 aliphatic rings. The molecule has 3 unspecified atom stereocenters. The third-order valence-electron chi connectivity index (χ3n) is 8.61. The summed E-state index contributed by atoms with van der Waals surface area (Å²) < 4.78 is 5.55. The zero-order valence-corrected chi connectivity index (χ0v) is 22.2. The summed E-state index contributed by atoms with van der Waals surface area (Å²) in [4.78, 5) is 38.9. The largest absolute Gasteiger partial charge is 0.387 e. The van der Waals surface area contributed by atoms with Gasteiger partial charge in [-0.3, -0.25) is 14.5 Å². The molecule has 9 heteroatoms. The van der Waals surface area contributed by atoms with Gasteiger partial charge in [-0.1, -0.05) is 24.3 Å². The average molecular weight is 525 g/mol. The molecule has 38 heavy (non-hydrogen) atoms. The van der Waals surface area contributed by atoms with Gasteiger partial charge in [0.25, 0.3) is 0 Å². The van der Waals surface area contributed by atoms with Gasteiger partial charge in [0, 0.05) is 78.7 Å². The van der Waals surface area contributed by atoms with Crippen molar-refractivity contribution in [2.45, 2.75) is 62.9 Å². The van der Waals surface area contributed by atoms with Crippen LogP contribution in [0.2, 0.25) is 0 Å². The van der Waals surface area contributed by atoms with Gasteiger partial charge in [-0.05, 0) is 37.2 Å². The smallest absolute Gasteiger partial charge is 0.242 e. The molecule has 4 heterocycles. The molecule has 6 rings (SSSR count). The number of nitrogens with zero attached hydrogens (tertiary/aromatic N) is 3. The van der Waals surface area contributed by atoms with Crippen molar-refractivity contribution in [2.24, 2.45) is 5.92 Å². The van der Waals surface area contributed by atoms with Crippen LogP contribution in [0.5, 0.6) is 0 Å². The maximum atomic E-state index is 13.2. The standard InChI is InChI=1S/C29H40N6O3.2H2/c36-27(9-8-26-32-23-6-1-4-20-18-22(20)28(23)33-26)35-13-3-7-25(35)29(37)31-12-10-24(21-5-2-11-30-19-21)34-14-16-38-17-15-34;;/h1-2,4-5,19-20,22,24-25,30H,3,6-18H2,(H,31,37)(H,32,33);2*1H/t20?,22?,24?,25-;;/m0../s1. The van der Waals surface area contributed by atoms with E-state index in [2.05, 4.69) is 51.0 Å². The highest BCUT2D eigenvalue weighted by molar-refractivity contribution is 5.88. The summed E-state index contributed by atoms with van der Waals surface area (Å²) in [7, 11) is 0. The second kappa shape index (κ2) is 11.5. The molecule has 0 bridgehead atoms. The molecule has 1 saturated carbocycles. The van der Waals surface area contributed by atoms with E-state index >= 15 is 0 Å². The molecular formula is C29H44N6O3. The topological polar surface area (TPSA) is 103 Å². The Morgan fingerprint density at radius 2 is 2.13 bits per heavy atom. The second-order valence-corrected chi connectivity index (χ2v) is 11.1. The molecule has 1 aromatic heterocycles. The number of likely N-dealkylation sites (tertiary alicyclic amines) is 1. The summed E-state index contributed by atoms with van der Waals surface area (Å²) in [6, 6.07) is -0.139. The molecule has 2 amide bonds. The fourth-order valence-corrected chi connectivity index (χ4v) is 6.46. The van der Waals surface area contributed by atoms with Crippen molar-refractivity contribution in [1.82, 2.24) is 30.4 Å². The normalized spacial score (nSPS) is 27.1. The van der Waals surface area contributed by atoms with Gasteiger partial charge in [-0.25, -0.2) is 4.98 Å². The quantitative estimate of drug-likeness (QED) is 0.429. The number of H-pyrrole nitrogens is 1. The molecule has 208 valence electrons. The summed E-state index contributed by atoms with van der Waals surface area (Å²) in [5, 5.41) is 6.47. The Balaban J connectivity index is 0.00000185. The number of dihydropyridines is 1. The monoisotopic (exact) mass is 524 g/mol. The van der Waals surface area contributed by atoms with Gasteiger partial charge in [0.05, 0.1) is 18.9 Å². The number of rotatable bonds is 9. The van der Waals surface area contributed by atoms with Crippen LogP contribution in [0.15, 0.2) is 36.1 Å². The third kappa shape index (κ3) is 5.59. The molecule has 0 aromatic carbocycles. The van der Waals surface area contributed by atoms with Gasteiger partial charge < -0.3 is 25.3 Å². The summed E-state index contributed by atoms with van der Waals surface area (Å²) >= 11 is 0. The van der Waals surface area contributed by atoms with E-state index < -0.39 is 0 Å². The Bertz CT molecular complexity index is 1130. The first-order chi connectivity index (χ1) is 18.7.